The van der Waals surface area contributed by atoms with Gasteiger partial charge in [0.1, 0.15) is 5.52 Å². The van der Waals surface area contributed by atoms with Crippen molar-refractivity contribution in [1.29, 1.82) is 10.5 Å². The SMILES string of the molecule is Cc1cc(C#N)ccc1Nc1ncc2c(n1)n([C@H]1CC[C@H](C#N)CC1)c(=O)n2C. The third kappa shape index (κ3) is 3.34. The van der Waals surface area contributed by atoms with Crippen LogP contribution in [0.3, 0.4) is 0 Å². The van der Waals surface area contributed by atoms with Crippen LogP contribution in [0.25, 0.3) is 11.2 Å². The molecule has 1 fully saturated rings. The lowest BCUT2D eigenvalue weighted by molar-refractivity contribution is 0.311. The third-order valence-electron chi connectivity index (χ3n) is 5.68. The van der Waals surface area contributed by atoms with Gasteiger partial charge in [-0.15, -0.1) is 0 Å². The van der Waals surface area contributed by atoms with Crippen molar-refractivity contribution in [2.45, 2.75) is 38.6 Å². The highest BCUT2D eigenvalue weighted by Gasteiger charge is 2.26. The fourth-order valence-electron chi connectivity index (χ4n) is 3.98. The molecular weight excluding hydrogens is 366 g/mol. The Hall–Kier alpha value is -3.65. The summed E-state index contributed by atoms with van der Waals surface area (Å²) in [6.07, 6.45) is 4.83. The van der Waals surface area contributed by atoms with Crippen LogP contribution in [-0.2, 0) is 7.05 Å². The summed E-state index contributed by atoms with van der Waals surface area (Å²) in [5.74, 6) is 0.471. The first-order chi connectivity index (χ1) is 14.0. The van der Waals surface area contributed by atoms with Crippen LogP contribution in [0.2, 0.25) is 0 Å². The number of nitriles is 2. The molecule has 4 rings (SSSR count). The van der Waals surface area contributed by atoms with Crippen molar-refractivity contribution in [2.75, 3.05) is 5.32 Å². The van der Waals surface area contributed by atoms with E-state index in [4.69, 9.17) is 10.5 Å². The summed E-state index contributed by atoms with van der Waals surface area (Å²) in [6, 6.07) is 9.85. The van der Waals surface area contributed by atoms with Crippen LogP contribution in [-0.4, -0.2) is 19.1 Å². The van der Waals surface area contributed by atoms with Crippen LogP contribution in [0.5, 0.6) is 0 Å². The Kier molecular flexibility index (Phi) is 4.77. The second-order valence-electron chi connectivity index (χ2n) is 7.52. The zero-order valence-corrected chi connectivity index (χ0v) is 16.4. The van der Waals surface area contributed by atoms with Crippen LogP contribution in [0, 0.1) is 35.5 Å². The highest BCUT2D eigenvalue weighted by atomic mass is 16.1. The van der Waals surface area contributed by atoms with Gasteiger partial charge in [0.25, 0.3) is 0 Å². The van der Waals surface area contributed by atoms with Gasteiger partial charge in [0.2, 0.25) is 5.95 Å². The molecule has 1 aromatic carbocycles. The van der Waals surface area contributed by atoms with Crippen molar-refractivity contribution >= 4 is 22.8 Å². The Morgan fingerprint density at radius 1 is 1.21 bits per heavy atom. The van der Waals surface area contributed by atoms with Crippen LogP contribution in [0.1, 0.15) is 42.9 Å². The average molecular weight is 387 g/mol. The molecule has 1 saturated carbocycles. The first-order valence-corrected chi connectivity index (χ1v) is 9.63. The van der Waals surface area contributed by atoms with Gasteiger partial charge < -0.3 is 5.32 Å². The first-order valence-electron chi connectivity index (χ1n) is 9.63. The maximum Gasteiger partial charge on any atom is 0.330 e. The average Bonchev–Trinajstić information content (AvgIpc) is 2.99. The molecular formula is C21H21N7O. The second kappa shape index (κ2) is 7.40. The summed E-state index contributed by atoms with van der Waals surface area (Å²) in [5, 5.41) is 21.4. The molecule has 8 nitrogen and oxygen atoms in total. The van der Waals surface area contributed by atoms with Gasteiger partial charge >= 0.3 is 5.69 Å². The smallest absolute Gasteiger partial charge is 0.324 e. The standard InChI is InChI=1S/C21H21N7O/c1-13-9-15(11-23)5-8-17(13)25-20-24-12-18-19(26-20)28(21(29)27(18)2)16-6-3-14(10-22)4-7-16/h5,8-9,12,14,16H,3-4,6-7H2,1-2H3,(H,24,25,26)/t14-,16-. The fraction of sp³-hybridized carbons (Fsp3) is 0.381. The van der Waals surface area contributed by atoms with Gasteiger partial charge in [-0.05, 0) is 56.4 Å². The van der Waals surface area contributed by atoms with E-state index in [1.54, 1.807) is 34.5 Å². The Balaban J connectivity index is 1.71. The summed E-state index contributed by atoms with van der Waals surface area (Å²) in [6.45, 7) is 1.91. The van der Waals surface area contributed by atoms with E-state index in [9.17, 15) is 4.79 Å². The number of nitrogens with zero attached hydrogens (tertiary/aromatic N) is 6. The van der Waals surface area contributed by atoms with E-state index in [-0.39, 0.29) is 17.6 Å². The molecule has 0 radical (unpaired) electrons. The number of hydrogen-bond donors (Lipinski definition) is 1. The van der Waals surface area contributed by atoms with Crippen molar-refractivity contribution in [3.05, 3.63) is 46.0 Å². The van der Waals surface area contributed by atoms with Crippen LogP contribution in [0.4, 0.5) is 11.6 Å². The molecule has 0 unspecified atom stereocenters. The molecule has 1 aliphatic rings. The van der Waals surface area contributed by atoms with Gasteiger partial charge in [-0.25, -0.2) is 9.78 Å². The predicted octanol–water partition coefficient (Wildman–Crippen LogP) is 3.31. The number of anilines is 2. The molecule has 0 bridgehead atoms. The molecule has 0 atom stereocenters. The number of aromatic nitrogens is 4. The van der Waals surface area contributed by atoms with Crippen molar-refractivity contribution in [3.63, 3.8) is 0 Å². The van der Waals surface area contributed by atoms with Crippen molar-refractivity contribution < 1.29 is 0 Å². The quantitative estimate of drug-likeness (QED) is 0.738. The van der Waals surface area contributed by atoms with E-state index in [0.717, 1.165) is 36.9 Å². The highest BCUT2D eigenvalue weighted by Crippen LogP contribution is 2.32. The van der Waals surface area contributed by atoms with E-state index >= 15 is 0 Å². The van der Waals surface area contributed by atoms with E-state index in [2.05, 4.69) is 27.4 Å². The van der Waals surface area contributed by atoms with Gasteiger partial charge in [-0.3, -0.25) is 9.13 Å². The monoisotopic (exact) mass is 387 g/mol. The first kappa shape index (κ1) is 18.7. The van der Waals surface area contributed by atoms with E-state index < -0.39 is 0 Å². The summed E-state index contributed by atoms with van der Waals surface area (Å²) < 4.78 is 3.32. The number of aryl methyl sites for hydroxylation is 2. The molecule has 0 aliphatic heterocycles. The maximum absolute atomic E-state index is 12.9. The van der Waals surface area contributed by atoms with Crippen LogP contribution >= 0.6 is 0 Å². The van der Waals surface area contributed by atoms with Gasteiger partial charge in [0, 0.05) is 24.7 Å². The number of imidazole rings is 1. The Morgan fingerprint density at radius 3 is 2.62 bits per heavy atom. The van der Waals surface area contributed by atoms with Crippen molar-refractivity contribution in [3.8, 4) is 12.1 Å². The van der Waals surface area contributed by atoms with Gasteiger partial charge in [0.05, 0.1) is 23.9 Å². The van der Waals surface area contributed by atoms with Gasteiger partial charge in [-0.1, -0.05) is 0 Å². The van der Waals surface area contributed by atoms with Crippen molar-refractivity contribution in [1.82, 2.24) is 19.1 Å². The van der Waals surface area contributed by atoms with E-state index in [1.165, 1.54) is 0 Å². The number of benzene rings is 1. The predicted molar refractivity (Wildman–Crippen MR) is 109 cm³/mol. The molecule has 0 saturated heterocycles. The molecule has 0 spiro atoms. The summed E-state index contributed by atoms with van der Waals surface area (Å²) in [5.41, 5.74) is 3.48. The minimum Gasteiger partial charge on any atom is -0.324 e. The molecule has 2 heterocycles. The second-order valence-corrected chi connectivity index (χ2v) is 7.52. The van der Waals surface area contributed by atoms with E-state index in [1.807, 2.05) is 13.0 Å². The summed E-state index contributed by atoms with van der Waals surface area (Å²) >= 11 is 0. The fourth-order valence-corrected chi connectivity index (χ4v) is 3.98. The van der Waals surface area contributed by atoms with Crippen LogP contribution < -0.4 is 11.0 Å². The van der Waals surface area contributed by atoms with E-state index in [0.29, 0.717) is 22.7 Å². The Morgan fingerprint density at radius 2 is 1.97 bits per heavy atom. The lowest BCUT2D eigenvalue weighted by Crippen LogP contribution is -2.28. The summed E-state index contributed by atoms with van der Waals surface area (Å²) in [7, 11) is 1.73. The van der Waals surface area contributed by atoms with Gasteiger partial charge in [-0.2, -0.15) is 15.5 Å². The maximum atomic E-state index is 12.9. The lowest BCUT2D eigenvalue weighted by Gasteiger charge is -2.25. The molecule has 1 N–H and O–H groups in total. The molecule has 3 aromatic rings. The molecule has 8 heteroatoms. The molecule has 29 heavy (non-hydrogen) atoms. The summed E-state index contributed by atoms with van der Waals surface area (Å²) in [4.78, 5) is 21.9. The lowest BCUT2D eigenvalue weighted by atomic mass is 9.87. The van der Waals surface area contributed by atoms with Crippen LogP contribution in [0.15, 0.2) is 29.2 Å². The molecule has 146 valence electrons. The van der Waals surface area contributed by atoms with Gasteiger partial charge in [0.15, 0.2) is 5.65 Å². The minimum absolute atomic E-state index is 0.0372. The largest absolute Gasteiger partial charge is 0.330 e. The highest BCUT2D eigenvalue weighted by molar-refractivity contribution is 5.73. The topological polar surface area (TPSA) is 112 Å². The molecule has 1 aliphatic carbocycles. The number of hydrogen-bond acceptors (Lipinski definition) is 6. The number of rotatable bonds is 3. The zero-order chi connectivity index (χ0) is 20.5. The Labute approximate surface area is 168 Å². The third-order valence-corrected chi connectivity index (χ3v) is 5.68. The van der Waals surface area contributed by atoms with Crippen molar-refractivity contribution in [2.24, 2.45) is 13.0 Å². The Bertz CT molecular complexity index is 1220. The normalized spacial score (nSPS) is 18.9. The number of nitrogens with one attached hydrogen (secondary N) is 1. The molecule has 2 aromatic heterocycles. The number of fused-ring (bicyclic) bond motifs is 1. The molecule has 0 amide bonds. The minimum atomic E-state index is -0.110. The zero-order valence-electron chi connectivity index (χ0n) is 16.4.